The average molecular weight is 340 g/mol. The van der Waals surface area contributed by atoms with Crippen LogP contribution in [-0.4, -0.2) is 31.3 Å². The van der Waals surface area contributed by atoms with Crippen molar-refractivity contribution in [2.45, 2.75) is 33.2 Å². The Bertz CT molecular complexity index is 572. The van der Waals surface area contributed by atoms with E-state index in [1.165, 1.54) is 0 Å². The van der Waals surface area contributed by atoms with Crippen LogP contribution in [0.3, 0.4) is 0 Å². The summed E-state index contributed by atoms with van der Waals surface area (Å²) >= 11 is 0. The number of anilines is 1. The Kier molecular flexibility index (Phi) is 8.63. The Morgan fingerprint density at radius 1 is 1.45 bits per heavy atom. The molecule has 0 aliphatic rings. The first kappa shape index (κ1) is 20.3. The first-order chi connectivity index (χ1) is 9.56. The summed E-state index contributed by atoms with van der Waals surface area (Å²) in [6.45, 7) is 5.75. The molecule has 0 bridgehead atoms. The largest absolute Gasteiger partial charge is 0.413 e. The monoisotopic (exact) mass is 340 g/mol. The van der Waals surface area contributed by atoms with E-state index in [4.69, 9.17) is 0 Å². The van der Waals surface area contributed by atoms with Gasteiger partial charge in [0.1, 0.15) is 5.95 Å². The minimum absolute atomic E-state index is 0. The van der Waals surface area contributed by atoms with E-state index in [1.54, 1.807) is 36.3 Å². The molecule has 2 heterocycles. The summed E-state index contributed by atoms with van der Waals surface area (Å²) in [7, 11) is 0. The second-order valence-electron chi connectivity index (χ2n) is 5.09. The molecule has 119 valence electrons. The second kappa shape index (κ2) is 9.35. The molecule has 2 aromatic rings. The maximum Gasteiger partial charge on any atom is 0.151 e. The maximum atomic E-state index is 11.7. The molecule has 4 N–H and O–H groups in total. The van der Waals surface area contributed by atoms with Crippen molar-refractivity contribution in [2.24, 2.45) is 5.92 Å². The average Bonchev–Trinajstić information content (AvgIpc) is 2.91. The second-order valence-corrected chi connectivity index (χ2v) is 5.09. The standard InChI is InChI=1S/C14H18N5O.H3N.V/c1-10(2)8-12(11(3)20)17-13-4-5-16-14(18-13)19-7-6-15-9-19;;/h4,6-7,9-10,12H,8H2,1-3H3,(H,16,17,18);1H3;/q-1;;/t12-;;/m0../s1. The molecule has 0 aliphatic carbocycles. The van der Waals surface area contributed by atoms with E-state index >= 15 is 0 Å². The predicted octanol–water partition coefficient (Wildman–Crippen LogP) is 2.04. The van der Waals surface area contributed by atoms with E-state index in [2.05, 4.69) is 40.3 Å². The molecule has 7 nitrogen and oxygen atoms in total. The molecule has 0 fully saturated rings. The summed E-state index contributed by atoms with van der Waals surface area (Å²) in [6.07, 6.45) is 8.57. The van der Waals surface area contributed by atoms with Gasteiger partial charge in [0, 0.05) is 36.8 Å². The van der Waals surface area contributed by atoms with Crippen molar-refractivity contribution in [1.29, 1.82) is 0 Å². The van der Waals surface area contributed by atoms with E-state index in [9.17, 15) is 4.79 Å². The Hall–Kier alpha value is -1.70. The number of aromatic nitrogens is 4. The first-order valence-electron chi connectivity index (χ1n) is 6.56. The third-order valence-corrected chi connectivity index (χ3v) is 2.84. The fourth-order valence-electron chi connectivity index (χ4n) is 1.86. The normalized spacial score (nSPS) is 11.3. The number of hydrogen-bond acceptors (Lipinski definition) is 6. The maximum absolute atomic E-state index is 11.7. The predicted molar refractivity (Wildman–Crippen MR) is 80.6 cm³/mol. The van der Waals surface area contributed by atoms with Crippen molar-refractivity contribution in [3.63, 3.8) is 0 Å². The van der Waals surface area contributed by atoms with Crippen molar-refractivity contribution in [3.8, 4) is 5.95 Å². The summed E-state index contributed by atoms with van der Waals surface area (Å²) in [5.74, 6) is 1.58. The molecule has 22 heavy (non-hydrogen) atoms. The Morgan fingerprint density at radius 2 is 2.18 bits per heavy atom. The smallest absolute Gasteiger partial charge is 0.151 e. The van der Waals surface area contributed by atoms with Gasteiger partial charge in [-0.2, -0.15) is 0 Å². The van der Waals surface area contributed by atoms with Crippen molar-refractivity contribution < 1.29 is 23.4 Å². The summed E-state index contributed by atoms with van der Waals surface area (Å²) in [5.41, 5.74) is 0. The van der Waals surface area contributed by atoms with Crippen LogP contribution < -0.4 is 11.5 Å². The summed E-state index contributed by atoms with van der Waals surface area (Å²) in [4.78, 5) is 24.0. The topological polar surface area (TPSA) is 108 Å². The van der Waals surface area contributed by atoms with E-state index in [0.29, 0.717) is 17.7 Å². The van der Waals surface area contributed by atoms with Crippen LogP contribution in [0.2, 0.25) is 0 Å². The number of rotatable bonds is 6. The van der Waals surface area contributed by atoms with E-state index < -0.39 is 0 Å². The number of carbonyl (C=O) groups is 1. The molecule has 1 radical (unpaired) electrons. The SMILES string of the molecule is CC(=O)[C@H](CC(C)C)Nc1c[c-]nc(-n2ccnc2)n1.N.[V]. The van der Waals surface area contributed by atoms with E-state index in [1.807, 2.05) is 0 Å². The van der Waals surface area contributed by atoms with Gasteiger partial charge in [-0.25, -0.2) is 4.98 Å². The molecule has 2 aromatic heterocycles. The molecule has 0 aromatic carbocycles. The molecule has 0 saturated heterocycles. The van der Waals surface area contributed by atoms with Crippen LogP contribution in [-0.2, 0) is 23.4 Å². The summed E-state index contributed by atoms with van der Waals surface area (Å²) in [5, 5.41) is 3.15. The third kappa shape index (κ3) is 5.59. The van der Waals surface area contributed by atoms with Crippen LogP contribution in [0, 0.1) is 12.1 Å². The van der Waals surface area contributed by atoms with Gasteiger partial charge in [0.15, 0.2) is 5.78 Å². The van der Waals surface area contributed by atoms with Crippen LogP contribution in [0.1, 0.15) is 27.2 Å². The molecule has 1 atom stereocenters. The zero-order valence-electron chi connectivity index (χ0n) is 13.0. The van der Waals surface area contributed by atoms with Crippen LogP contribution in [0.5, 0.6) is 0 Å². The van der Waals surface area contributed by atoms with E-state index in [-0.39, 0.29) is 36.5 Å². The number of Topliss-reactive ketones (excluding diaryl/α,β-unsaturated/α-hetero) is 1. The van der Waals surface area contributed by atoms with Crippen molar-refractivity contribution in [1.82, 2.24) is 25.7 Å². The van der Waals surface area contributed by atoms with Gasteiger partial charge in [-0.15, -0.1) is 6.07 Å². The molecule has 0 spiro atoms. The zero-order valence-corrected chi connectivity index (χ0v) is 14.4. The number of imidazole rings is 1. The van der Waals surface area contributed by atoms with Crippen molar-refractivity contribution in [2.75, 3.05) is 5.32 Å². The number of nitrogens with zero attached hydrogens (tertiary/aromatic N) is 4. The number of carbonyl (C=O) groups excluding carboxylic acids is 1. The Balaban J connectivity index is 0.00000220. The van der Waals surface area contributed by atoms with Crippen molar-refractivity contribution >= 4 is 11.6 Å². The van der Waals surface area contributed by atoms with Gasteiger partial charge in [0.25, 0.3) is 0 Å². The number of hydrogen-bond donors (Lipinski definition) is 2. The molecule has 0 saturated carbocycles. The summed E-state index contributed by atoms with van der Waals surface area (Å²) in [6, 6.07) is 1.39. The van der Waals surface area contributed by atoms with E-state index in [0.717, 1.165) is 6.42 Å². The quantitative estimate of drug-likeness (QED) is 0.779. The molecular weight excluding hydrogens is 319 g/mol. The van der Waals surface area contributed by atoms with Gasteiger partial charge < -0.3 is 26.0 Å². The molecule has 0 unspecified atom stereocenters. The van der Waals surface area contributed by atoms with Gasteiger partial charge >= 0.3 is 0 Å². The van der Waals surface area contributed by atoms with Crippen LogP contribution >= 0.6 is 0 Å². The molecule has 0 aliphatic heterocycles. The fourth-order valence-corrected chi connectivity index (χ4v) is 1.86. The fraction of sp³-hybridized carbons (Fsp3) is 0.429. The van der Waals surface area contributed by atoms with Crippen LogP contribution in [0.15, 0.2) is 24.8 Å². The van der Waals surface area contributed by atoms with Crippen LogP contribution in [0.25, 0.3) is 5.95 Å². The van der Waals surface area contributed by atoms with Gasteiger partial charge in [0.2, 0.25) is 0 Å². The molecule has 2 rings (SSSR count). The zero-order chi connectivity index (χ0) is 14.5. The molecular formula is C14H21N6OV-. The van der Waals surface area contributed by atoms with Gasteiger partial charge in [-0.1, -0.05) is 20.0 Å². The molecule has 8 heteroatoms. The van der Waals surface area contributed by atoms with Crippen LogP contribution in [0.4, 0.5) is 5.82 Å². The van der Waals surface area contributed by atoms with Gasteiger partial charge in [-0.05, 0) is 19.3 Å². The third-order valence-electron chi connectivity index (χ3n) is 2.84. The minimum Gasteiger partial charge on any atom is -0.413 e. The van der Waals surface area contributed by atoms with Gasteiger partial charge in [0.05, 0.1) is 12.4 Å². The van der Waals surface area contributed by atoms with Crippen molar-refractivity contribution in [3.05, 3.63) is 31.0 Å². The number of ketones is 1. The Labute approximate surface area is 142 Å². The number of nitrogens with one attached hydrogen (secondary N) is 1. The Morgan fingerprint density at radius 3 is 2.73 bits per heavy atom. The minimum atomic E-state index is -0.242. The summed E-state index contributed by atoms with van der Waals surface area (Å²) < 4.78 is 1.69. The first-order valence-corrected chi connectivity index (χ1v) is 6.56. The van der Waals surface area contributed by atoms with Gasteiger partial charge in [-0.3, -0.25) is 4.79 Å². The molecule has 0 amide bonds.